The summed E-state index contributed by atoms with van der Waals surface area (Å²) in [5.74, 6) is -0.132. The second-order valence-electron chi connectivity index (χ2n) is 2.37. The Labute approximate surface area is 64.8 Å². The number of rotatable bonds is 3. The van der Waals surface area contributed by atoms with Crippen molar-refractivity contribution in [1.82, 2.24) is 0 Å². The minimum Gasteiger partial charge on any atom is -0.303 e. The fourth-order valence-corrected chi connectivity index (χ4v) is 0.932. The topological polar surface area (TPSA) is 46.5 Å². The van der Waals surface area contributed by atoms with Gasteiger partial charge in [-0.3, -0.25) is 9.79 Å². The van der Waals surface area contributed by atoms with E-state index in [1.165, 1.54) is 12.3 Å². The van der Waals surface area contributed by atoms with Crippen molar-refractivity contribution in [2.75, 3.05) is 0 Å². The third-order valence-electron chi connectivity index (χ3n) is 1.55. The first-order valence-electron chi connectivity index (χ1n) is 3.52. The number of hydrogen-bond donors (Lipinski definition) is 0. The van der Waals surface area contributed by atoms with Gasteiger partial charge < -0.3 is 4.79 Å². The number of carbonyl (C=O) groups is 2. The van der Waals surface area contributed by atoms with Gasteiger partial charge in [-0.05, 0) is 6.42 Å². The summed E-state index contributed by atoms with van der Waals surface area (Å²) in [6.45, 7) is 0. The maximum Gasteiger partial charge on any atom is 0.165 e. The van der Waals surface area contributed by atoms with Crippen LogP contribution in [0.4, 0.5) is 0 Å². The molecule has 0 aromatic rings. The van der Waals surface area contributed by atoms with Crippen LogP contribution in [0.25, 0.3) is 0 Å². The van der Waals surface area contributed by atoms with Gasteiger partial charge in [0.1, 0.15) is 6.29 Å². The molecule has 0 aromatic heterocycles. The molecule has 1 aliphatic rings. The number of nitrogens with zero attached hydrogens (tertiary/aromatic N) is 1. The van der Waals surface area contributed by atoms with Crippen LogP contribution in [0.15, 0.2) is 17.3 Å². The zero-order valence-electron chi connectivity index (χ0n) is 6.06. The monoisotopic (exact) mass is 151 g/mol. The van der Waals surface area contributed by atoms with Crippen molar-refractivity contribution in [3.63, 3.8) is 0 Å². The summed E-state index contributed by atoms with van der Waals surface area (Å²) in [5, 5.41) is 0. The van der Waals surface area contributed by atoms with Crippen LogP contribution < -0.4 is 0 Å². The van der Waals surface area contributed by atoms with Gasteiger partial charge in [-0.2, -0.15) is 0 Å². The van der Waals surface area contributed by atoms with Gasteiger partial charge >= 0.3 is 0 Å². The zero-order valence-corrected chi connectivity index (χ0v) is 6.06. The number of hydrogen-bond acceptors (Lipinski definition) is 3. The molecule has 1 unspecified atom stereocenters. The number of carbonyl (C=O) groups excluding carboxylic acids is 2. The van der Waals surface area contributed by atoms with E-state index in [-0.39, 0.29) is 11.7 Å². The predicted octanol–water partition coefficient (Wildman–Crippen LogP) is 0.749. The molecule has 0 amide bonds. The lowest BCUT2D eigenvalue weighted by Crippen LogP contribution is -2.15. The van der Waals surface area contributed by atoms with E-state index in [1.807, 2.05) is 0 Å². The van der Waals surface area contributed by atoms with Crippen molar-refractivity contribution in [2.24, 2.45) is 10.9 Å². The molecule has 0 N–H and O–H groups in total. The summed E-state index contributed by atoms with van der Waals surface area (Å²) in [6.07, 6.45) is 6.33. The number of allylic oxidation sites excluding steroid dienone is 1. The predicted molar refractivity (Wildman–Crippen MR) is 41.4 cm³/mol. The molecule has 3 heteroatoms. The molecule has 0 radical (unpaired) electrons. The van der Waals surface area contributed by atoms with Gasteiger partial charge in [0.25, 0.3) is 0 Å². The molecule has 0 aliphatic carbocycles. The van der Waals surface area contributed by atoms with Crippen molar-refractivity contribution in [3.8, 4) is 0 Å². The SMILES string of the molecule is O=CCCC1C=NC=CC1=O. The summed E-state index contributed by atoms with van der Waals surface area (Å²) < 4.78 is 0. The molecule has 0 fully saturated rings. The Morgan fingerprint density at radius 1 is 1.64 bits per heavy atom. The van der Waals surface area contributed by atoms with Crippen molar-refractivity contribution in [3.05, 3.63) is 12.3 Å². The highest BCUT2D eigenvalue weighted by Crippen LogP contribution is 2.08. The second-order valence-corrected chi connectivity index (χ2v) is 2.37. The molecule has 0 saturated carbocycles. The van der Waals surface area contributed by atoms with Crippen molar-refractivity contribution in [1.29, 1.82) is 0 Å². The molecule has 1 atom stereocenters. The largest absolute Gasteiger partial charge is 0.303 e. The minimum atomic E-state index is -0.176. The summed E-state index contributed by atoms with van der Waals surface area (Å²) in [6, 6.07) is 0. The van der Waals surface area contributed by atoms with E-state index in [2.05, 4.69) is 4.99 Å². The van der Waals surface area contributed by atoms with Gasteiger partial charge in [0.2, 0.25) is 0 Å². The molecule has 11 heavy (non-hydrogen) atoms. The fraction of sp³-hybridized carbons (Fsp3) is 0.375. The maximum atomic E-state index is 11.0. The van der Waals surface area contributed by atoms with Crippen LogP contribution >= 0.6 is 0 Å². The van der Waals surface area contributed by atoms with Crippen LogP contribution in [-0.2, 0) is 9.59 Å². The van der Waals surface area contributed by atoms with Gasteiger partial charge in [0, 0.05) is 24.9 Å². The Morgan fingerprint density at radius 2 is 2.45 bits per heavy atom. The van der Waals surface area contributed by atoms with E-state index in [0.29, 0.717) is 12.8 Å². The van der Waals surface area contributed by atoms with E-state index < -0.39 is 0 Å². The molecule has 1 heterocycles. The standard InChI is InChI=1S/C8H9NO2/c10-5-1-2-7-6-9-4-3-8(7)11/h3-7H,1-2H2. The van der Waals surface area contributed by atoms with Crippen molar-refractivity contribution in [2.45, 2.75) is 12.8 Å². The van der Waals surface area contributed by atoms with Crippen molar-refractivity contribution < 1.29 is 9.59 Å². The fourth-order valence-electron chi connectivity index (χ4n) is 0.932. The molecule has 0 spiro atoms. The highest BCUT2D eigenvalue weighted by Gasteiger charge is 2.14. The average Bonchev–Trinajstić information content (AvgIpc) is 2.03. The average molecular weight is 151 g/mol. The molecule has 3 nitrogen and oxygen atoms in total. The van der Waals surface area contributed by atoms with Gasteiger partial charge in [-0.1, -0.05) is 0 Å². The summed E-state index contributed by atoms with van der Waals surface area (Å²) >= 11 is 0. The Balaban J connectivity index is 2.45. The molecule has 0 saturated heterocycles. The van der Waals surface area contributed by atoms with Crippen LogP contribution in [-0.4, -0.2) is 18.3 Å². The summed E-state index contributed by atoms with van der Waals surface area (Å²) in [7, 11) is 0. The third-order valence-corrected chi connectivity index (χ3v) is 1.55. The molecule has 58 valence electrons. The smallest absolute Gasteiger partial charge is 0.165 e. The Morgan fingerprint density at radius 3 is 3.09 bits per heavy atom. The number of aldehydes is 1. The number of ketones is 1. The summed E-state index contributed by atoms with van der Waals surface area (Å²) in [5.41, 5.74) is 0. The lowest BCUT2D eigenvalue weighted by molar-refractivity contribution is -0.116. The highest BCUT2D eigenvalue weighted by molar-refractivity contribution is 6.03. The Bertz CT molecular complexity index is 218. The third kappa shape index (κ3) is 2.11. The molecule has 1 rings (SSSR count). The van der Waals surface area contributed by atoms with Crippen LogP contribution in [0, 0.1) is 5.92 Å². The maximum absolute atomic E-state index is 11.0. The zero-order chi connectivity index (χ0) is 8.10. The van der Waals surface area contributed by atoms with E-state index >= 15 is 0 Å². The quantitative estimate of drug-likeness (QED) is 0.559. The molecule has 1 aliphatic heterocycles. The van der Waals surface area contributed by atoms with E-state index in [0.717, 1.165) is 6.29 Å². The first kappa shape index (κ1) is 7.85. The first-order valence-corrected chi connectivity index (χ1v) is 3.52. The molecule has 0 aromatic carbocycles. The summed E-state index contributed by atoms with van der Waals surface area (Å²) in [4.78, 5) is 24.8. The van der Waals surface area contributed by atoms with Gasteiger partial charge in [-0.15, -0.1) is 0 Å². The normalized spacial score (nSPS) is 22.2. The second kappa shape index (κ2) is 3.81. The molecule has 0 bridgehead atoms. The highest BCUT2D eigenvalue weighted by atomic mass is 16.1. The lowest BCUT2D eigenvalue weighted by atomic mass is 9.99. The molecular formula is C8H9NO2. The van der Waals surface area contributed by atoms with Crippen LogP contribution in [0.1, 0.15) is 12.8 Å². The van der Waals surface area contributed by atoms with Crippen molar-refractivity contribution >= 4 is 18.3 Å². The van der Waals surface area contributed by atoms with Gasteiger partial charge in [0.15, 0.2) is 5.78 Å². The van der Waals surface area contributed by atoms with E-state index in [4.69, 9.17) is 0 Å². The first-order chi connectivity index (χ1) is 5.34. The Kier molecular flexibility index (Phi) is 2.72. The minimum absolute atomic E-state index is 0.0434. The van der Waals surface area contributed by atoms with Gasteiger partial charge in [-0.25, -0.2) is 0 Å². The van der Waals surface area contributed by atoms with Gasteiger partial charge in [0.05, 0.1) is 5.92 Å². The van der Waals surface area contributed by atoms with Crippen LogP contribution in [0.5, 0.6) is 0 Å². The van der Waals surface area contributed by atoms with E-state index in [1.54, 1.807) is 6.21 Å². The van der Waals surface area contributed by atoms with E-state index in [9.17, 15) is 9.59 Å². The Hall–Kier alpha value is -1.25. The van der Waals surface area contributed by atoms with Crippen LogP contribution in [0.2, 0.25) is 0 Å². The molecular weight excluding hydrogens is 142 g/mol. The number of aliphatic imine (C=N–C) groups is 1. The van der Waals surface area contributed by atoms with Crippen LogP contribution in [0.3, 0.4) is 0 Å². The lowest BCUT2D eigenvalue weighted by Gasteiger charge is -2.07.